The van der Waals surface area contributed by atoms with E-state index in [4.69, 9.17) is 4.74 Å². The number of methoxy groups -OCH3 is 1. The average Bonchev–Trinajstić information content (AvgIpc) is 2.67. The standard InChI is InChI=1S/C12H14O4/c1-7-10(13)4-3-9-8(5-11(14)15-2)6-16-12(7)9/h3-4,8,13H,5-6H2,1-2H3. The number of rotatable bonds is 2. The maximum Gasteiger partial charge on any atom is 0.306 e. The molecule has 1 N–H and O–H groups in total. The molecule has 1 aliphatic rings. The minimum Gasteiger partial charge on any atom is -0.508 e. The van der Waals surface area contributed by atoms with E-state index in [-0.39, 0.29) is 17.6 Å². The maximum atomic E-state index is 11.2. The van der Waals surface area contributed by atoms with Gasteiger partial charge in [0.2, 0.25) is 0 Å². The highest BCUT2D eigenvalue weighted by Gasteiger charge is 2.28. The number of benzene rings is 1. The minimum atomic E-state index is -0.243. The molecule has 16 heavy (non-hydrogen) atoms. The van der Waals surface area contributed by atoms with Gasteiger partial charge in [-0.1, -0.05) is 6.07 Å². The molecule has 0 aliphatic carbocycles. The van der Waals surface area contributed by atoms with Gasteiger partial charge in [0, 0.05) is 17.0 Å². The molecule has 4 nitrogen and oxygen atoms in total. The second-order valence-electron chi connectivity index (χ2n) is 3.92. The van der Waals surface area contributed by atoms with Crippen LogP contribution < -0.4 is 4.74 Å². The Morgan fingerprint density at radius 3 is 3.06 bits per heavy atom. The van der Waals surface area contributed by atoms with E-state index in [9.17, 15) is 9.90 Å². The molecule has 0 amide bonds. The summed E-state index contributed by atoms with van der Waals surface area (Å²) < 4.78 is 10.1. The molecule has 0 bridgehead atoms. The molecule has 1 atom stereocenters. The molecule has 1 aliphatic heterocycles. The van der Waals surface area contributed by atoms with Crippen molar-refractivity contribution >= 4 is 5.97 Å². The van der Waals surface area contributed by atoms with E-state index in [0.717, 1.165) is 11.1 Å². The van der Waals surface area contributed by atoms with E-state index < -0.39 is 0 Å². The number of esters is 1. The molecule has 1 unspecified atom stereocenters. The van der Waals surface area contributed by atoms with Crippen molar-refractivity contribution in [2.45, 2.75) is 19.3 Å². The van der Waals surface area contributed by atoms with Gasteiger partial charge in [-0.2, -0.15) is 0 Å². The molecule has 0 radical (unpaired) electrons. The highest BCUT2D eigenvalue weighted by Crippen LogP contribution is 2.41. The topological polar surface area (TPSA) is 55.8 Å². The van der Waals surface area contributed by atoms with Gasteiger partial charge in [-0.05, 0) is 13.0 Å². The van der Waals surface area contributed by atoms with Gasteiger partial charge >= 0.3 is 5.97 Å². The molecule has 86 valence electrons. The summed E-state index contributed by atoms with van der Waals surface area (Å²) in [5, 5.41) is 9.53. The minimum absolute atomic E-state index is 0.0294. The molecule has 1 aromatic rings. The second-order valence-corrected chi connectivity index (χ2v) is 3.92. The summed E-state index contributed by atoms with van der Waals surface area (Å²) in [4.78, 5) is 11.2. The molecule has 2 rings (SSSR count). The predicted molar refractivity (Wildman–Crippen MR) is 57.7 cm³/mol. The Kier molecular flexibility index (Phi) is 2.73. The fourth-order valence-corrected chi connectivity index (χ4v) is 1.94. The van der Waals surface area contributed by atoms with Crippen LogP contribution in [0.5, 0.6) is 11.5 Å². The van der Waals surface area contributed by atoms with Gasteiger partial charge in [-0.15, -0.1) is 0 Å². The summed E-state index contributed by atoms with van der Waals surface area (Å²) >= 11 is 0. The number of carbonyl (C=O) groups excluding carboxylic acids is 1. The smallest absolute Gasteiger partial charge is 0.306 e. The quantitative estimate of drug-likeness (QED) is 0.774. The number of fused-ring (bicyclic) bond motifs is 1. The Morgan fingerprint density at radius 1 is 1.62 bits per heavy atom. The van der Waals surface area contributed by atoms with Crippen molar-refractivity contribution in [1.29, 1.82) is 0 Å². The second kappa shape index (κ2) is 4.04. The van der Waals surface area contributed by atoms with Crippen LogP contribution in [0.25, 0.3) is 0 Å². The fraction of sp³-hybridized carbons (Fsp3) is 0.417. The summed E-state index contributed by atoms with van der Waals surface area (Å²) in [7, 11) is 1.38. The van der Waals surface area contributed by atoms with Crippen molar-refractivity contribution in [3.05, 3.63) is 23.3 Å². The summed E-state index contributed by atoms with van der Waals surface area (Å²) in [5.41, 5.74) is 1.70. The molecular formula is C12H14O4. The molecule has 0 spiro atoms. The molecule has 0 saturated carbocycles. The van der Waals surface area contributed by atoms with Crippen molar-refractivity contribution in [3.63, 3.8) is 0 Å². The first-order chi connectivity index (χ1) is 7.63. The van der Waals surface area contributed by atoms with Gasteiger partial charge in [-0.3, -0.25) is 4.79 Å². The zero-order valence-electron chi connectivity index (χ0n) is 9.32. The third kappa shape index (κ3) is 1.71. The zero-order valence-corrected chi connectivity index (χ0v) is 9.32. The van der Waals surface area contributed by atoms with Gasteiger partial charge in [0.1, 0.15) is 11.5 Å². The van der Waals surface area contributed by atoms with Gasteiger partial charge in [0.05, 0.1) is 20.1 Å². The van der Waals surface area contributed by atoms with Gasteiger partial charge in [0.15, 0.2) is 0 Å². The molecule has 1 aromatic carbocycles. The van der Waals surface area contributed by atoms with Gasteiger partial charge in [-0.25, -0.2) is 0 Å². The highest BCUT2D eigenvalue weighted by atomic mass is 16.5. The largest absolute Gasteiger partial charge is 0.508 e. The van der Waals surface area contributed by atoms with E-state index in [1.54, 1.807) is 19.1 Å². The molecule has 0 saturated heterocycles. The molecule has 0 aromatic heterocycles. The number of hydrogen-bond donors (Lipinski definition) is 1. The van der Waals surface area contributed by atoms with Crippen LogP contribution in [0.4, 0.5) is 0 Å². The summed E-state index contributed by atoms with van der Waals surface area (Å²) in [6.45, 7) is 2.27. The Labute approximate surface area is 93.8 Å². The van der Waals surface area contributed by atoms with E-state index >= 15 is 0 Å². The van der Waals surface area contributed by atoms with Crippen molar-refractivity contribution in [1.82, 2.24) is 0 Å². The normalized spacial score (nSPS) is 17.8. The fourth-order valence-electron chi connectivity index (χ4n) is 1.94. The molecule has 1 heterocycles. The van der Waals surface area contributed by atoms with E-state index in [1.165, 1.54) is 7.11 Å². The Morgan fingerprint density at radius 2 is 2.38 bits per heavy atom. The lowest BCUT2D eigenvalue weighted by atomic mass is 9.96. The molecule has 4 heteroatoms. The number of ether oxygens (including phenoxy) is 2. The van der Waals surface area contributed by atoms with Crippen LogP contribution in [-0.4, -0.2) is 24.8 Å². The van der Waals surface area contributed by atoms with Crippen molar-refractivity contribution in [2.24, 2.45) is 0 Å². The summed E-state index contributed by atoms with van der Waals surface area (Å²) in [5.74, 6) is 0.709. The van der Waals surface area contributed by atoms with Crippen LogP contribution in [0, 0.1) is 6.92 Å². The Balaban J connectivity index is 2.27. The average molecular weight is 222 g/mol. The van der Waals surface area contributed by atoms with Gasteiger partial charge in [0.25, 0.3) is 0 Å². The van der Waals surface area contributed by atoms with Crippen molar-refractivity contribution in [3.8, 4) is 11.5 Å². The number of aromatic hydroxyl groups is 1. The maximum absolute atomic E-state index is 11.2. The first kappa shape index (κ1) is 10.8. The predicted octanol–water partition coefficient (Wildman–Crippen LogP) is 1.74. The van der Waals surface area contributed by atoms with Crippen LogP contribution in [0.1, 0.15) is 23.5 Å². The zero-order chi connectivity index (χ0) is 11.7. The van der Waals surface area contributed by atoms with E-state index in [2.05, 4.69) is 4.74 Å². The SMILES string of the molecule is COC(=O)CC1COc2c1ccc(O)c2C. The number of phenols is 1. The summed E-state index contributed by atoms with van der Waals surface area (Å²) in [6, 6.07) is 3.44. The molecular weight excluding hydrogens is 208 g/mol. The first-order valence-corrected chi connectivity index (χ1v) is 5.15. The lowest BCUT2D eigenvalue weighted by Gasteiger charge is -2.07. The van der Waals surface area contributed by atoms with Crippen LogP contribution in [0.2, 0.25) is 0 Å². The Hall–Kier alpha value is -1.71. The number of hydrogen-bond acceptors (Lipinski definition) is 4. The lowest BCUT2D eigenvalue weighted by Crippen LogP contribution is -2.09. The molecule has 0 fully saturated rings. The third-order valence-corrected chi connectivity index (χ3v) is 2.92. The van der Waals surface area contributed by atoms with Crippen LogP contribution >= 0.6 is 0 Å². The first-order valence-electron chi connectivity index (χ1n) is 5.15. The van der Waals surface area contributed by atoms with E-state index in [1.807, 2.05) is 0 Å². The number of carbonyl (C=O) groups is 1. The van der Waals surface area contributed by atoms with E-state index in [0.29, 0.717) is 18.8 Å². The van der Waals surface area contributed by atoms with Gasteiger partial charge < -0.3 is 14.6 Å². The van der Waals surface area contributed by atoms with Crippen molar-refractivity contribution < 1.29 is 19.4 Å². The summed E-state index contributed by atoms with van der Waals surface area (Å²) in [6.07, 6.45) is 0.313. The highest BCUT2D eigenvalue weighted by molar-refractivity contribution is 5.71. The number of phenolic OH excluding ortho intramolecular Hbond substituents is 1. The monoisotopic (exact) mass is 222 g/mol. The van der Waals surface area contributed by atoms with Crippen molar-refractivity contribution in [2.75, 3.05) is 13.7 Å². The Bertz CT molecular complexity index is 425. The van der Waals surface area contributed by atoms with Crippen LogP contribution in [-0.2, 0) is 9.53 Å². The third-order valence-electron chi connectivity index (χ3n) is 2.92. The van der Waals surface area contributed by atoms with Crippen LogP contribution in [0.15, 0.2) is 12.1 Å². The lowest BCUT2D eigenvalue weighted by molar-refractivity contribution is -0.141. The van der Waals surface area contributed by atoms with Crippen LogP contribution in [0.3, 0.4) is 0 Å².